The number of amides is 1. The number of hydrogen-bond acceptors (Lipinski definition) is 4. The number of thiophene rings is 1. The lowest BCUT2D eigenvalue weighted by Crippen LogP contribution is -2.38. The molecule has 0 spiro atoms. The average molecular weight is 320 g/mol. The summed E-state index contributed by atoms with van der Waals surface area (Å²) in [6.07, 6.45) is 6.83. The van der Waals surface area contributed by atoms with Crippen LogP contribution in [-0.4, -0.2) is 23.5 Å². The molecule has 2 unspecified atom stereocenters. The van der Waals surface area contributed by atoms with Gasteiger partial charge in [0.1, 0.15) is 0 Å². The van der Waals surface area contributed by atoms with Gasteiger partial charge in [-0.2, -0.15) is 11.8 Å². The smallest absolute Gasteiger partial charge is 0.261 e. The van der Waals surface area contributed by atoms with Gasteiger partial charge in [0.05, 0.1) is 4.88 Å². The largest absolute Gasteiger partial charge is 0.399 e. The van der Waals surface area contributed by atoms with Crippen LogP contribution >= 0.6 is 23.1 Å². The zero-order valence-corrected chi connectivity index (χ0v) is 13.7. The fourth-order valence-electron chi connectivity index (χ4n) is 2.92. The number of benzene rings is 1. The first-order valence-corrected chi connectivity index (χ1v) is 9.39. The van der Waals surface area contributed by atoms with Crippen molar-refractivity contribution in [1.29, 1.82) is 0 Å². The van der Waals surface area contributed by atoms with Crippen molar-refractivity contribution in [2.45, 2.75) is 37.0 Å². The second kappa shape index (κ2) is 6.28. The van der Waals surface area contributed by atoms with Crippen LogP contribution in [0.1, 0.15) is 35.4 Å². The van der Waals surface area contributed by atoms with Gasteiger partial charge >= 0.3 is 0 Å². The number of nitrogens with two attached hydrogens (primary N) is 1. The summed E-state index contributed by atoms with van der Waals surface area (Å²) in [5, 5.41) is 4.94. The third kappa shape index (κ3) is 3.35. The molecule has 112 valence electrons. The standard InChI is InChI=1S/C16H20N2OS2/c1-20-13-4-2-3-12(9-13)18-16(19)15-8-10-7-11(17)5-6-14(10)21-15/h5-8,12-13H,2-4,9,17H2,1H3,(H,18,19). The number of fused-ring (bicyclic) bond motifs is 1. The topological polar surface area (TPSA) is 55.1 Å². The Morgan fingerprint density at radius 1 is 1.38 bits per heavy atom. The van der Waals surface area contributed by atoms with E-state index in [0.717, 1.165) is 33.5 Å². The van der Waals surface area contributed by atoms with E-state index in [1.165, 1.54) is 24.2 Å². The number of nitrogen functional groups attached to an aromatic ring is 1. The zero-order chi connectivity index (χ0) is 14.8. The van der Waals surface area contributed by atoms with Crippen LogP contribution in [0.2, 0.25) is 0 Å². The zero-order valence-electron chi connectivity index (χ0n) is 12.1. The van der Waals surface area contributed by atoms with Crippen molar-refractivity contribution in [3.05, 3.63) is 29.1 Å². The van der Waals surface area contributed by atoms with Gasteiger partial charge in [0, 0.05) is 21.7 Å². The molecule has 1 aromatic heterocycles. The minimum atomic E-state index is 0.0570. The van der Waals surface area contributed by atoms with Crippen LogP contribution in [0.4, 0.5) is 5.69 Å². The van der Waals surface area contributed by atoms with Crippen LogP contribution in [-0.2, 0) is 0 Å². The third-order valence-corrected chi connectivity index (χ3v) is 6.27. The Balaban J connectivity index is 1.71. The molecule has 3 rings (SSSR count). The lowest BCUT2D eigenvalue weighted by molar-refractivity contribution is 0.0932. The van der Waals surface area contributed by atoms with Gasteiger partial charge in [0.2, 0.25) is 0 Å². The number of carbonyl (C=O) groups is 1. The summed E-state index contributed by atoms with van der Waals surface area (Å²) >= 11 is 3.45. The van der Waals surface area contributed by atoms with Crippen molar-refractivity contribution in [1.82, 2.24) is 5.32 Å². The molecule has 3 nitrogen and oxygen atoms in total. The monoisotopic (exact) mass is 320 g/mol. The number of nitrogens with one attached hydrogen (secondary N) is 1. The molecule has 1 amide bonds. The molecule has 0 bridgehead atoms. The summed E-state index contributed by atoms with van der Waals surface area (Å²) in [4.78, 5) is 13.2. The summed E-state index contributed by atoms with van der Waals surface area (Å²) in [7, 11) is 0. The Morgan fingerprint density at radius 3 is 3.05 bits per heavy atom. The maximum Gasteiger partial charge on any atom is 0.261 e. The highest BCUT2D eigenvalue weighted by Crippen LogP contribution is 2.29. The van der Waals surface area contributed by atoms with E-state index >= 15 is 0 Å². The van der Waals surface area contributed by atoms with Crippen molar-refractivity contribution in [2.24, 2.45) is 0 Å². The van der Waals surface area contributed by atoms with E-state index < -0.39 is 0 Å². The van der Waals surface area contributed by atoms with Gasteiger partial charge in [-0.05, 0) is 55.2 Å². The predicted molar refractivity (Wildman–Crippen MR) is 93.3 cm³/mol. The molecular weight excluding hydrogens is 300 g/mol. The van der Waals surface area contributed by atoms with Crippen molar-refractivity contribution in [3.8, 4) is 0 Å². The third-order valence-electron chi connectivity index (χ3n) is 4.06. The molecule has 21 heavy (non-hydrogen) atoms. The van der Waals surface area contributed by atoms with Gasteiger partial charge in [-0.3, -0.25) is 4.79 Å². The van der Waals surface area contributed by atoms with Crippen LogP contribution in [0.15, 0.2) is 24.3 Å². The van der Waals surface area contributed by atoms with Crippen molar-refractivity contribution in [3.63, 3.8) is 0 Å². The van der Waals surface area contributed by atoms with Gasteiger partial charge in [-0.15, -0.1) is 11.3 Å². The normalized spacial score (nSPS) is 22.3. The van der Waals surface area contributed by atoms with Crippen LogP contribution in [0, 0.1) is 0 Å². The molecule has 3 N–H and O–H groups in total. The maximum absolute atomic E-state index is 12.4. The van der Waals surface area contributed by atoms with E-state index in [1.807, 2.05) is 36.0 Å². The number of carbonyl (C=O) groups excluding carboxylic acids is 1. The van der Waals surface area contributed by atoms with Gasteiger partial charge in [0.15, 0.2) is 0 Å². The molecule has 1 aromatic carbocycles. The first-order valence-electron chi connectivity index (χ1n) is 7.28. The molecule has 1 aliphatic carbocycles. The second-order valence-electron chi connectivity index (χ2n) is 5.60. The highest BCUT2D eigenvalue weighted by Gasteiger charge is 2.23. The van der Waals surface area contributed by atoms with E-state index in [9.17, 15) is 4.79 Å². The highest BCUT2D eigenvalue weighted by atomic mass is 32.2. The minimum Gasteiger partial charge on any atom is -0.399 e. The number of anilines is 1. The summed E-state index contributed by atoms with van der Waals surface area (Å²) in [6, 6.07) is 8.05. The molecule has 2 atom stereocenters. The van der Waals surface area contributed by atoms with E-state index in [-0.39, 0.29) is 5.91 Å². The Bertz CT molecular complexity index is 653. The molecule has 2 aromatic rings. The van der Waals surface area contributed by atoms with Crippen molar-refractivity contribution >= 4 is 44.8 Å². The summed E-state index contributed by atoms with van der Waals surface area (Å²) in [6.45, 7) is 0. The molecule has 1 saturated carbocycles. The molecule has 1 heterocycles. The minimum absolute atomic E-state index is 0.0570. The quantitative estimate of drug-likeness (QED) is 0.844. The average Bonchev–Trinajstić information content (AvgIpc) is 2.90. The van der Waals surface area contributed by atoms with Gasteiger partial charge in [0.25, 0.3) is 5.91 Å². The molecule has 0 aliphatic heterocycles. The van der Waals surface area contributed by atoms with Crippen LogP contribution in [0.5, 0.6) is 0 Å². The van der Waals surface area contributed by atoms with Crippen molar-refractivity contribution < 1.29 is 4.79 Å². The second-order valence-corrected chi connectivity index (χ2v) is 7.82. The Morgan fingerprint density at radius 2 is 2.24 bits per heavy atom. The first-order chi connectivity index (χ1) is 10.2. The van der Waals surface area contributed by atoms with Crippen LogP contribution in [0.25, 0.3) is 10.1 Å². The van der Waals surface area contributed by atoms with Crippen LogP contribution < -0.4 is 11.1 Å². The molecular formula is C16H20N2OS2. The molecule has 1 fully saturated rings. The number of hydrogen-bond donors (Lipinski definition) is 2. The fraction of sp³-hybridized carbons (Fsp3) is 0.438. The molecule has 1 aliphatic rings. The lowest BCUT2D eigenvalue weighted by Gasteiger charge is -2.28. The maximum atomic E-state index is 12.4. The lowest BCUT2D eigenvalue weighted by atomic mass is 9.95. The summed E-state index contributed by atoms with van der Waals surface area (Å²) in [5.74, 6) is 0.0570. The van der Waals surface area contributed by atoms with E-state index in [1.54, 1.807) is 0 Å². The van der Waals surface area contributed by atoms with Gasteiger partial charge < -0.3 is 11.1 Å². The van der Waals surface area contributed by atoms with Gasteiger partial charge in [-0.25, -0.2) is 0 Å². The summed E-state index contributed by atoms with van der Waals surface area (Å²) < 4.78 is 1.11. The first kappa shape index (κ1) is 14.7. The van der Waals surface area contributed by atoms with Gasteiger partial charge in [-0.1, -0.05) is 6.42 Å². The number of thioether (sulfide) groups is 1. The predicted octanol–water partition coefficient (Wildman–Crippen LogP) is 3.89. The van der Waals surface area contributed by atoms with E-state index in [0.29, 0.717) is 11.3 Å². The Labute approximate surface area is 133 Å². The Kier molecular flexibility index (Phi) is 4.40. The Hall–Kier alpha value is -1.20. The fourth-order valence-corrected chi connectivity index (χ4v) is 4.69. The van der Waals surface area contributed by atoms with Crippen LogP contribution in [0.3, 0.4) is 0 Å². The highest BCUT2D eigenvalue weighted by molar-refractivity contribution is 7.99. The van der Waals surface area contributed by atoms with E-state index in [2.05, 4.69) is 11.6 Å². The molecule has 0 radical (unpaired) electrons. The molecule has 0 saturated heterocycles. The SMILES string of the molecule is CSC1CCCC(NC(=O)c2cc3cc(N)ccc3s2)C1. The number of rotatable bonds is 3. The van der Waals surface area contributed by atoms with E-state index in [4.69, 9.17) is 5.73 Å². The van der Waals surface area contributed by atoms with Crippen molar-refractivity contribution in [2.75, 3.05) is 12.0 Å². The molecule has 5 heteroatoms. The summed E-state index contributed by atoms with van der Waals surface area (Å²) in [5.41, 5.74) is 6.53.